The highest BCUT2D eigenvalue weighted by Gasteiger charge is 2.27. The second-order valence-electron chi connectivity index (χ2n) is 8.80. The maximum absolute atomic E-state index is 13.1. The van der Waals surface area contributed by atoms with Gasteiger partial charge >= 0.3 is 0 Å². The first-order valence-corrected chi connectivity index (χ1v) is 13.1. The number of benzene rings is 2. The molecule has 2 N–H and O–H groups in total. The Hall–Kier alpha value is -2.78. The smallest absolute Gasteiger partial charge is 0.247 e. The molecule has 1 aliphatic rings. The third-order valence-corrected chi connectivity index (χ3v) is 7.81. The molecule has 8 nitrogen and oxygen atoms in total. The summed E-state index contributed by atoms with van der Waals surface area (Å²) in [4.78, 5) is 13.4. The van der Waals surface area contributed by atoms with Gasteiger partial charge in [-0.15, -0.1) is 0 Å². The number of ether oxygens (including phenoxy) is 2. The predicted molar refractivity (Wildman–Crippen MR) is 133 cm³/mol. The lowest BCUT2D eigenvalue weighted by Crippen LogP contribution is -2.34. The Morgan fingerprint density at radius 3 is 2.24 bits per heavy atom. The highest BCUT2D eigenvalue weighted by atomic mass is 32.2. The van der Waals surface area contributed by atoms with Gasteiger partial charge < -0.3 is 20.1 Å². The number of sulfonamides is 1. The summed E-state index contributed by atoms with van der Waals surface area (Å²) >= 11 is 0. The Bertz CT molecular complexity index is 1060. The Morgan fingerprint density at radius 1 is 1.00 bits per heavy atom. The summed E-state index contributed by atoms with van der Waals surface area (Å²) < 4.78 is 37.9. The van der Waals surface area contributed by atoms with Crippen LogP contribution in [0.4, 0.5) is 5.69 Å². The molecule has 1 saturated heterocycles. The van der Waals surface area contributed by atoms with Crippen molar-refractivity contribution in [3.8, 4) is 11.5 Å². The number of carbonyl (C=O) groups excluding carboxylic acids is 1. The van der Waals surface area contributed by atoms with E-state index in [4.69, 9.17) is 9.47 Å². The molecule has 0 saturated carbocycles. The van der Waals surface area contributed by atoms with E-state index in [1.807, 2.05) is 6.07 Å². The van der Waals surface area contributed by atoms with Crippen LogP contribution in [-0.2, 0) is 14.8 Å². The number of nitrogens with zero attached hydrogens (tertiary/aromatic N) is 1. The van der Waals surface area contributed by atoms with Gasteiger partial charge in [-0.2, -0.15) is 4.31 Å². The molecule has 9 heteroatoms. The normalized spacial score (nSPS) is 15.2. The Kier molecular flexibility index (Phi) is 8.79. The first-order chi connectivity index (χ1) is 16.3. The van der Waals surface area contributed by atoms with Gasteiger partial charge in [-0.3, -0.25) is 4.79 Å². The average Bonchev–Trinajstić information content (AvgIpc) is 3.38. The lowest BCUT2D eigenvalue weighted by molar-refractivity contribution is -0.122. The van der Waals surface area contributed by atoms with Crippen molar-refractivity contribution >= 4 is 21.6 Å². The SMILES string of the molecule is COc1ccc([C@H](Nc2ccc(S(=O)(=O)N3CCCC3)cc2)C(=O)NCCC(C)C)cc1OC. The van der Waals surface area contributed by atoms with Gasteiger partial charge in [0.1, 0.15) is 6.04 Å². The van der Waals surface area contributed by atoms with E-state index in [9.17, 15) is 13.2 Å². The average molecular weight is 490 g/mol. The van der Waals surface area contributed by atoms with E-state index in [0.29, 0.717) is 48.3 Å². The van der Waals surface area contributed by atoms with Gasteiger partial charge in [-0.25, -0.2) is 8.42 Å². The van der Waals surface area contributed by atoms with Crippen LogP contribution in [0, 0.1) is 5.92 Å². The third kappa shape index (κ3) is 6.21. The van der Waals surface area contributed by atoms with Crippen LogP contribution in [0.15, 0.2) is 47.4 Å². The van der Waals surface area contributed by atoms with Gasteiger partial charge in [0, 0.05) is 25.3 Å². The van der Waals surface area contributed by atoms with Crippen molar-refractivity contribution in [1.29, 1.82) is 0 Å². The Labute approximate surface area is 202 Å². The van der Waals surface area contributed by atoms with Crippen molar-refractivity contribution in [1.82, 2.24) is 9.62 Å². The van der Waals surface area contributed by atoms with Crippen LogP contribution in [0.5, 0.6) is 11.5 Å². The van der Waals surface area contributed by atoms with E-state index in [1.165, 1.54) is 4.31 Å². The fourth-order valence-electron chi connectivity index (χ4n) is 3.89. The van der Waals surface area contributed by atoms with Gasteiger partial charge in [0.2, 0.25) is 15.9 Å². The zero-order chi connectivity index (χ0) is 24.7. The molecule has 0 radical (unpaired) electrons. The van der Waals surface area contributed by atoms with Crippen LogP contribution >= 0.6 is 0 Å². The summed E-state index contributed by atoms with van der Waals surface area (Å²) in [6, 6.07) is 11.2. The third-order valence-electron chi connectivity index (χ3n) is 5.89. The van der Waals surface area contributed by atoms with Gasteiger partial charge in [0.25, 0.3) is 0 Å². The molecule has 3 rings (SSSR count). The van der Waals surface area contributed by atoms with Crippen molar-refractivity contribution in [2.45, 2.75) is 44.0 Å². The standard InChI is InChI=1S/C25H35N3O5S/c1-18(2)13-14-26-25(29)24(19-7-12-22(32-3)23(17-19)33-4)27-20-8-10-21(11-9-20)34(30,31)28-15-5-6-16-28/h7-12,17-18,24,27H,5-6,13-16H2,1-4H3,(H,26,29)/t24-/m0/s1. The summed E-state index contributed by atoms with van der Waals surface area (Å²) in [5, 5.41) is 6.25. The van der Waals surface area contributed by atoms with Gasteiger partial charge in [0.15, 0.2) is 11.5 Å². The summed E-state index contributed by atoms with van der Waals surface area (Å²) in [7, 11) is -0.386. The maximum atomic E-state index is 13.1. The molecule has 0 bridgehead atoms. The van der Waals surface area contributed by atoms with Crippen molar-refractivity contribution in [3.63, 3.8) is 0 Å². The minimum atomic E-state index is -3.49. The van der Waals surface area contributed by atoms with Gasteiger partial charge in [-0.05, 0) is 67.1 Å². The van der Waals surface area contributed by atoms with Crippen LogP contribution in [0.25, 0.3) is 0 Å². The summed E-state index contributed by atoms with van der Waals surface area (Å²) in [6.45, 7) is 5.89. The first kappa shape index (κ1) is 25.8. The quantitative estimate of drug-likeness (QED) is 0.498. The van der Waals surface area contributed by atoms with Crippen molar-refractivity contribution in [2.24, 2.45) is 5.92 Å². The minimum Gasteiger partial charge on any atom is -0.493 e. The number of hydrogen-bond acceptors (Lipinski definition) is 6. The largest absolute Gasteiger partial charge is 0.493 e. The molecular weight excluding hydrogens is 454 g/mol. The molecule has 34 heavy (non-hydrogen) atoms. The van der Waals surface area contributed by atoms with E-state index < -0.39 is 16.1 Å². The fraction of sp³-hybridized carbons (Fsp3) is 0.480. The van der Waals surface area contributed by atoms with E-state index >= 15 is 0 Å². The molecule has 0 aromatic heterocycles. The molecule has 0 spiro atoms. The van der Waals surface area contributed by atoms with Crippen molar-refractivity contribution in [2.75, 3.05) is 39.2 Å². The van der Waals surface area contributed by atoms with Crippen molar-refractivity contribution in [3.05, 3.63) is 48.0 Å². The number of anilines is 1. The van der Waals surface area contributed by atoms with Crippen molar-refractivity contribution < 1.29 is 22.7 Å². The first-order valence-electron chi connectivity index (χ1n) is 11.6. The van der Waals surface area contributed by atoms with Gasteiger partial charge in [0.05, 0.1) is 19.1 Å². The summed E-state index contributed by atoms with van der Waals surface area (Å²) in [5.74, 6) is 1.38. The monoisotopic (exact) mass is 489 g/mol. The fourth-order valence-corrected chi connectivity index (χ4v) is 5.40. The number of methoxy groups -OCH3 is 2. The summed E-state index contributed by atoms with van der Waals surface area (Å²) in [6.07, 6.45) is 2.64. The predicted octanol–water partition coefficient (Wildman–Crippen LogP) is 3.80. The van der Waals surface area contributed by atoms with Crippen LogP contribution in [0.1, 0.15) is 44.7 Å². The van der Waals surface area contributed by atoms with E-state index in [0.717, 1.165) is 19.3 Å². The number of amides is 1. The van der Waals surface area contributed by atoms with E-state index in [1.54, 1.807) is 50.6 Å². The molecular formula is C25H35N3O5S. The number of carbonyl (C=O) groups is 1. The molecule has 1 heterocycles. The molecule has 1 atom stereocenters. The topological polar surface area (TPSA) is 97.0 Å². The molecule has 1 fully saturated rings. The second kappa shape index (κ2) is 11.6. The molecule has 2 aromatic carbocycles. The zero-order valence-electron chi connectivity index (χ0n) is 20.3. The maximum Gasteiger partial charge on any atom is 0.247 e. The minimum absolute atomic E-state index is 0.179. The lowest BCUT2D eigenvalue weighted by atomic mass is 10.0. The van der Waals surface area contributed by atoms with Crippen LogP contribution in [-0.4, -0.2) is 52.5 Å². The highest BCUT2D eigenvalue weighted by molar-refractivity contribution is 7.89. The molecule has 0 unspecified atom stereocenters. The Morgan fingerprint density at radius 2 is 1.65 bits per heavy atom. The second-order valence-corrected chi connectivity index (χ2v) is 10.7. The highest BCUT2D eigenvalue weighted by Crippen LogP contribution is 2.32. The summed E-state index contributed by atoms with van der Waals surface area (Å²) in [5.41, 5.74) is 1.34. The Balaban J connectivity index is 1.84. The number of rotatable bonds is 11. The number of hydrogen-bond donors (Lipinski definition) is 2. The molecule has 2 aromatic rings. The van der Waals surface area contributed by atoms with E-state index in [-0.39, 0.29) is 10.8 Å². The molecule has 0 aliphatic carbocycles. The number of nitrogens with one attached hydrogen (secondary N) is 2. The molecule has 1 amide bonds. The molecule has 1 aliphatic heterocycles. The zero-order valence-corrected chi connectivity index (χ0v) is 21.2. The molecule has 186 valence electrons. The van der Waals surface area contributed by atoms with Crippen LogP contribution in [0.2, 0.25) is 0 Å². The van der Waals surface area contributed by atoms with Gasteiger partial charge in [-0.1, -0.05) is 19.9 Å². The van der Waals surface area contributed by atoms with E-state index in [2.05, 4.69) is 24.5 Å². The lowest BCUT2D eigenvalue weighted by Gasteiger charge is -2.22. The van der Waals surface area contributed by atoms with Crippen LogP contribution in [0.3, 0.4) is 0 Å². The van der Waals surface area contributed by atoms with Crippen LogP contribution < -0.4 is 20.1 Å².